The third-order valence-corrected chi connectivity index (χ3v) is 9.44. The van der Waals surface area contributed by atoms with E-state index >= 15 is 0 Å². The zero-order valence-electron chi connectivity index (χ0n) is 31.5. The molecule has 1 heterocycles. The van der Waals surface area contributed by atoms with Gasteiger partial charge in [-0.1, -0.05) is 68.5 Å². The molecule has 0 saturated heterocycles. The minimum absolute atomic E-state index is 0.0231. The van der Waals surface area contributed by atoms with Crippen molar-refractivity contribution in [3.8, 4) is 11.5 Å². The second-order valence-corrected chi connectivity index (χ2v) is 13.6. The number of likely N-dealkylation sites (N-methyl/N-ethyl adjacent to an activating group) is 1. The summed E-state index contributed by atoms with van der Waals surface area (Å²) in [4.78, 5) is 56.6. The number of rotatable bonds is 7. The number of aliphatic hydroxyl groups excluding tert-OH is 1. The first kappa shape index (κ1) is 41.7. The summed E-state index contributed by atoms with van der Waals surface area (Å²) in [6, 6.07) is 11.1. The zero-order chi connectivity index (χ0) is 38.5. The fourth-order valence-corrected chi connectivity index (χ4v) is 6.07. The monoisotopic (exact) mass is 718 g/mol. The number of nitrogens with one attached hydrogen (secondary N) is 1. The second-order valence-electron chi connectivity index (χ2n) is 13.6. The van der Waals surface area contributed by atoms with Crippen LogP contribution in [0, 0.1) is 11.8 Å². The Hall–Kier alpha value is -4.74. The Kier molecular flexibility index (Phi) is 15.8. The maximum atomic E-state index is 14.2. The van der Waals surface area contributed by atoms with Crippen molar-refractivity contribution in [1.82, 2.24) is 10.2 Å². The number of hydrogen-bond acceptors (Lipinski definition) is 9. The van der Waals surface area contributed by atoms with Gasteiger partial charge in [0.1, 0.15) is 18.2 Å². The smallest absolute Gasteiger partial charge is 0.329 e. The van der Waals surface area contributed by atoms with Crippen LogP contribution in [-0.4, -0.2) is 84.2 Å². The first-order valence-corrected chi connectivity index (χ1v) is 17.6. The number of hydrogen-bond donors (Lipinski definition) is 3. The van der Waals surface area contributed by atoms with Gasteiger partial charge in [-0.3, -0.25) is 14.4 Å². The summed E-state index contributed by atoms with van der Waals surface area (Å²) < 4.78 is 16.9. The van der Waals surface area contributed by atoms with Crippen LogP contribution in [-0.2, 0) is 35.1 Å². The molecule has 2 amide bonds. The largest absolute Gasteiger partial charge is 0.504 e. The Bertz CT molecular complexity index is 1630. The molecule has 3 rings (SSSR count). The number of benzene rings is 2. The summed E-state index contributed by atoms with van der Waals surface area (Å²) in [5, 5.41) is 24.3. The maximum Gasteiger partial charge on any atom is 0.329 e. The number of methoxy groups -OCH3 is 2. The molecule has 282 valence electrons. The van der Waals surface area contributed by atoms with Gasteiger partial charge in [-0.05, 0) is 86.4 Å². The molecule has 11 nitrogen and oxygen atoms in total. The molecule has 2 aromatic rings. The molecule has 2 aromatic carbocycles. The van der Waals surface area contributed by atoms with E-state index in [2.05, 4.69) is 5.32 Å². The molecule has 11 heteroatoms. The van der Waals surface area contributed by atoms with Gasteiger partial charge in [0, 0.05) is 20.6 Å². The van der Waals surface area contributed by atoms with Gasteiger partial charge < -0.3 is 34.6 Å². The molecule has 0 radical (unpaired) electrons. The van der Waals surface area contributed by atoms with Gasteiger partial charge in [0.15, 0.2) is 23.4 Å². The number of ether oxygens (including phenoxy) is 3. The molecule has 1 aliphatic rings. The van der Waals surface area contributed by atoms with E-state index in [9.17, 15) is 29.4 Å². The van der Waals surface area contributed by atoms with E-state index in [-0.39, 0.29) is 29.8 Å². The first-order chi connectivity index (χ1) is 24.7. The Morgan fingerprint density at radius 1 is 1.04 bits per heavy atom. The van der Waals surface area contributed by atoms with Crippen molar-refractivity contribution >= 4 is 23.6 Å². The number of cyclic esters (lactones) is 1. The number of ketones is 1. The number of carbonyl (C=O) groups is 4. The van der Waals surface area contributed by atoms with Gasteiger partial charge in [-0.15, -0.1) is 0 Å². The molecule has 0 aromatic heterocycles. The molecular formula is C41H54N2O9. The average molecular weight is 719 g/mol. The van der Waals surface area contributed by atoms with Crippen LogP contribution >= 0.6 is 0 Å². The van der Waals surface area contributed by atoms with Gasteiger partial charge in [0.25, 0.3) is 0 Å². The average Bonchev–Trinajstić information content (AvgIpc) is 3.14. The number of esters is 1. The van der Waals surface area contributed by atoms with E-state index in [1.54, 1.807) is 76.4 Å². The summed E-state index contributed by atoms with van der Waals surface area (Å²) in [5.41, 5.74) is 2.45. The first-order valence-electron chi connectivity index (χ1n) is 17.6. The van der Waals surface area contributed by atoms with E-state index in [1.165, 1.54) is 32.0 Å². The van der Waals surface area contributed by atoms with Crippen molar-refractivity contribution in [3.05, 3.63) is 95.1 Å². The van der Waals surface area contributed by atoms with E-state index in [0.717, 1.165) is 5.57 Å². The van der Waals surface area contributed by atoms with Crippen molar-refractivity contribution in [2.24, 2.45) is 11.8 Å². The lowest BCUT2D eigenvalue weighted by molar-refractivity contribution is -0.157. The number of carbonyl (C=O) groups excluding carboxylic acids is 4. The Morgan fingerprint density at radius 3 is 2.37 bits per heavy atom. The fraction of sp³-hybridized carbons (Fsp3) is 0.463. The van der Waals surface area contributed by atoms with Crippen molar-refractivity contribution in [3.63, 3.8) is 0 Å². The number of aromatic hydroxyl groups is 1. The standard InChI is InChI=1S/C41H54N2O9/c1-25(2)36-41(49)52-34(38(46)30-17-10-9-11-18-30)20-14-16-26(3)33(50-7)19-13-12-15-27(4)37(45)28(5)40(48)43(6)31(39(47)42-36)23-29-21-22-32(44)35(24-29)51-8/h9-11,14-18,20-22,24-25,28,31,33-34,36,38,44,46H,12-13,19,23H2,1-8H3,(H,42,47)/b20-14+,26-16+,27-15+/t28-,31-,33+,34-,36+,38-/m1/s1. The number of allylic oxidation sites excluding steroid dienone is 4. The van der Waals surface area contributed by atoms with Crippen LogP contribution in [0.25, 0.3) is 0 Å². The molecule has 6 atom stereocenters. The maximum absolute atomic E-state index is 14.2. The van der Waals surface area contributed by atoms with E-state index in [0.29, 0.717) is 36.0 Å². The number of amides is 2. The van der Waals surface area contributed by atoms with E-state index in [4.69, 9.17) is 14.2 Å². The predicted octanol–water partition coefficient (Wildman–Crippen LogP) is 5.41. The fourth-order valence-electron chi connectivity index (χ4n) is 6.07. The molecule has 0 aliphatic carbocycles. The van der Waals surface area contributed by atoms with Crippen LogP contribution in [0.3, 0.4) is 0 Å². The summed E-state index contributed by atoms with van der Waals surface area (Å²) in [6.45, 7) is 8.60. The topological polar surface area (TPSA) is 152 Å². The highest BCUT2D eigenvalue weighted by atomic mass is 16.6. The number of nitrogens with zero attached hydrogens (tertiary/aromatic N) is 1. The third-order valence-electron chi connectivity index (χ3n) is 9.44. The molecule has 52 heavy (non-hydrogen) atoms. The van der Waals surface area contributed by atoms with E-state index in [1.807, 2.05) is 25.1 Å². The summed E-state index contributed by atoms with van der Waals surface area (Å²) in [6.07, 6.45) is 6.36. The minimum Gasteiger partial charge on any atom is -0.504 e. The molecule has 0 saturated carbocycles. The summed E-state index contributed by atoms with van der Waals surface area (Å²) in [7, 11) is 4.47. The summed E-state index contributed by atoms with van der Waals surface area (Å²) in [5.74, 6) is -3.83. The Morgan fingerprint density at radius 2 is 1.73 bits per heavy atom. The van der Waals surface area contributed by atoms with Crippen molar-refractivity contribution in [2.75, 3.05) is 21.3 Å². The van der Waals surface area contributed by atoms with Crippen molar-refractivity contribution < 1.29 is 43.6 Å². The normalized spacial score (nSPS) is 26.6. The van der Waals surface area contributed by atoms with E-state index < -0.39 is 53.9 Å². The SMILES string of the molecule is COc1cc(C[C@@H]2C(=O)N[C@@H](C(C)C)C(=O)O[C@@H]([C@H](O)c3ccccc3)/C=C/C=C(\C)[C@@H](OC)CCC/C=C(\C)C(=O)[C@@H](C)C(=O)N2C)ccc1O. The van der Waals surface area contributed by atoms with Gasteiger partial charge in [-0.2, -0.15) is 0 Å². The highest BCUT2D eigenvalue weighted by Gasteiger charge is 2.37. The van der Waals surface area contributed by atoms with Crippen LogP contribution in [0.15, 0.2) is 84.0 Å². The van der Waals surface area contributed by atoms with Gasteiger partial charge in [-0.25, -0.2) is 4.79 Å². The Labute approximate surface area is 307 Å². The van der Waals surface area contributed by atoms with Crippen molar-refractivity contribution in [2.45, 2.75) is 90.7 Å². The lowest BCUT2D eigenvalue weighted by atomic mass is 9.95. The number of aliphatic hydroxyl groups is 1. The lowest BCUT2D eigenvalue weighted by Gasteiger charge is -2.32. The van der Waals surface area contributed by atoms with Crippen LogP contribution in [0.2, 0.25) is 0 Å². The Balaban J connectivity index is 2.10. The molecule has 3 N–H and O–H groups in total. The number of phenolic OH excluding ortho intramolecular Hbond substituents is 1. The second kappa shape index (κ2) is 19.8. The predicted molar refractivity (Wildman–Crippen MR) is 198 cm³/mol. The quantitative estimate of drug-likeness (QED) is 0.252. The zero-order valence-corrected chi connectivity index (χ0v) is 31.5. The summed E-state index contributed by atoms with van der Waals surface area (Å²) >= 11 is 0. The molecular weight excluding hydrogens is 664 g/mol. The van der Waals surface area contributed by atoms with Crippen molar-refractivity contribution in [1.29, 1.82) is 0 Å². The van der Waals surface area contributed by atoms with Crippen LogP contribution in [0.1, 0.15) is 71.1 Å². The highest BCUT2D eigenvalue weighted by Crippen LogP contribution is 2.28. The molecule has 1 aliphatic heterocycles. The van der Waals surface area contributed by atoms with Crippen LogP contribution < -0.4 is 10.1 Å². The van der Waals surface area contributed by atoms with Gasteiger partial charge >= 0.3 is 5.97 Å². The number of Topliss-reactive ketones (excluding diaryl/α,β-unsaturated/α-hetero) is 1. The van der Waals surface area contributed by atoms with Gasteiger partial charge in [0.2, 0.25) is 11.8 Å². The molecule has 0 unspecified atom stereocenters. The molecule has 0 spiro atoms. The van der Waals surface area contributed by atoms with Crippen LogP contribution in [0.4, 0.5) is 0 Å². The molecule has 0 bridgehead atoms. The molecule has 0 fully saturated rings. The highest BCUT2D eigenvalue weighted by molar-refractivity contribution is 6.09. The third kappa shape index (κ3) is 11.1. The lowest BCUT2D eigenvalue weighted by Crippen LogP contribution is -2.56. The minimum atomic E-state index is -1.21. The van der Waals surface area contributed by atoms with Gasteiger partial charge in [0.05, 0.1) is 19.1 Å². The number of phenols is 1. The van der Waals surface area contributed by atoms with Crippen LogP contribution in [0.5, 0.6) is 11.5 Å².